The lowest BCUT2D eigenvalue weighted by atomic mass is 10.1. The highest BCUT2D eigenvalue weighted by Gasteiger charge is 2.30. The van der Waals surface area contributed by atoms with E-state index in [9.17, 15) is 19.2 Å². The Morgan fingerprint density at radius 3 is 2.76 bits per heavy atom. The number of anilines is 2. The number of benzene rings is 1. The highest BCUT2D eigenvalue weighted by molar-refractivity contribution is 7.16. The van der Waals surface area contributed by atoms with Gasteiger partial charge < -0.3 is 20.7 Å². The monoisotopic (exact) mass is 416 g/mol. The molecule has 0 saturated carbocycles. The first kappa shape index (κ1) is 20.5. The minimum atomic E-state index is -1.04. The topological polar surface area (TPSA) is 126 Å². The van der Waals surface area contributed by atoms with Gasteiger partial charge in [-0.05, 0) is 18.6 Å². The molecule has 1 aromatic heterocycles. The molecular weight excluding hydrogens is 396 g/mol. The molecule has 0 fully saturated rings. The molecule has 0 spiro atoms. The predicted molar refractivity (Wildman–Crippen MR) is 107 cm³/mol. The van der Waals surface area contributed by atoms with Crippen LogP contribution in [-0.4, -0.2) is 41.8 Å². The third-order valence-electron chi connectivity index (χ3n) is 4.24. The number of fused-ring (bicyclic) bond motifs is 1. The Labute approximate surface area is 170 Å². The fourth-order valence-corrected chi connectivity index (χ4v) is 3.94. The number of hydrogen-bond donors (Lipinski definition) is 3. The van der Waals surface area contributed by atoms with E-state index in [2.05, 4.69) is 20.9 Å². The fraction of sp³-hybridized carbons (Fsp3) is 0.316. The second-order valence-corrected chi connectivity index (χ2v) is 7.43. The zero-order chi connectivity index (χ0) is 21.0. The van der Waals surface area contributed by atoms with E-state index in [1.807, 2.05) is 6.92 Å². The Kier molecular flexibility index (Phi) is 6.23. The summed E-state index contributed by atoms with van der Waals surface area (Å²) in [6, 6.07) is 5.56. The maximum Gasteiger partial charge on any atom is 0.357 e. The molecule has 1 atom stereocenters. The lowest BCUT2D eigenvalue weighted by Gasteiger charge is -2.13. The van der Waals surface area contributed by atoms with Gasteiger partial charge in [-0.25, -0.2) is 9.78 Å². The molecular formula is C19H20N4O5S. The van der Waals surface area contributed by atoms with Gasteiger partial charge in [0.05, 0.1) is 24.8 Å². The quantitative estimate of drug-likeness (QED) is 0.618. The molecule has 1 unspecified atom stereocenters. The maximum atomic E-state index is 12.4. The lowest BCUT2D eigenvalue weighted by molar-refractivity contribution is -0.122. The second kappa shape index (κ2) is 8.82. The number of hydrogen-bond acceptors (Lipinski definition) is 7. The van der Waals surface area contributed by atoms with Crippen LogP contribution in [0.3, 0.4) is 0 Å². The normalized spacial score (nSPS) is 15.6. The van der Waals surface area contributed by atoms with Crippen LogP contribution in [0, 0.1) is 0 Å². The summed E-state index contributed by atoms with van der Waals surface area (Å²) in [6.45, 7) is 1.96. The SMILES string of the molecule is CCCc1sc(NC(=O)CC2NC(=O)c3ccccc3NC2=O)nc1C(=O)OC. The average Bonchev–Trinajstić information content (AvgIpc) is 3.04. The van der Waals surface area contributed by atoms with Crippen LogP contribution < -0.4 is 16.0 Å². The number of carbonyl (C=O) groups excluding carboxylic acids is 4. The smallest absolute Gasteiger partial charge is 0.357 e. The third kappa shape index (κ3) is 4.60. The van der Waals surface area contributed by atoms with Crippen LogP contribution in [0.2, 0.25) is 0 Å². The third-order valence-corrected chi connectivity index (χ3v) is 5.27. The van der Waals surface area contributed by atoms with Crippen LogP contribution >= 0.6 is 11.3 Å². The molecule has 1 aromatic carbocycles. The van der Waals surface area contributed by atoms with Crippen molar-refractivity contribution in [1.82, 2.24) is 10.3 Å². The van der Waals surface area contributed by atoms with Gasteiger partial charge in [0.1, 0.15) is 6.04 Å². The van der Waals surface area contributed by atoms with Crippen molar-refractivity contribution in [2.75, 3.05) is 17.7 Å². The zero-order valence-electron chi connectivity index (χ0n) is 15.9. The van der Waals surface area contributed by atoms with Gasteiger partial charge in [0.2, 0.25) is 11.8 Å². The molecule has 3 N–H and O–H groups in total. The van der Waals surface area contributed by atoms with Crippen molar-refractivity contribution in [2.45, 2.75) is 32.2 Å². The number of aromatic nitrogens is 1. The standard InChI is InChI=1S/C19H20N4O5S/c1-3-6-13-15(18(27)28-2)23-19(29-13)22-14(24)9-12-17(26)20-11-8-5-4-7-10(11)16(25)21-12/h4-5,7-8,12H,3,6,9H2,1-2H3,(H,20,26)(H,21,25)(H,22,23,24). The minimum absolute atomic E-state index is 0.172. The highest BCUT2D eigenvalue weighted by atomic mass is 32.1. The summed E-state index contributed by atoms with van der Waals surface area (Å²) in [5.74, 6) is -2.01. The Morgan fingerprint density at radius 1 is 1.28 bits per heavy atom. The summed E-state index contributed by atoms with van der Waals surface area (Å²) < 4.78 is 4.73. The molecule has 2 heterocycles. The number of rotatable bonds is 6. The van der Waals surface area contributed by atoms with E-state index in [4.69, 9.17) is 4.74 Å². The summed E-state index contributed by atoms with van der Waals surface area (Å²) >= 11 is 1.18. The van der Waals surface area contributed by atoms with Gasteiger partial charge in [-0.15, -0.1) is 11.3 Å². The molecule has 0 bridgehead atoms. The van der Waals surface area contributed by atoms with E-state index < -0.39 is 29.7 Å². The number of ether oxygens (including phenoxy) is 1. The van der Waals surface area contributed by atoms with Crippen molar-refractivity contribution in [3.8, 4) is 0 Å². The fourth-order valence-electron chi connectivity index (χ4n) is 2.87. The number of carbonyl (C=O) groups is 4. The predicted octanol–water partition coefficient (Wildman–Crippen LogP) is 1.96. The van der Waals surface area contributed by atoms with Crippen LogP contribution in [0.1, 0.15) is 45.5 Å². The first-order valence-corrected chi connectivity index (χ1v) is 9.83. The van der Waals surface area contributed by atoms with E-state index in [0.717, 1.165) is 6.42 Å². The van der Waals surface area contributed by atoms with Crippen LogP contribution in [0.4, 0.5) is 10.8 Å². The maximum absolute atomic E-state index is 12.4. The number of esters is 1. The van der Waals surface area contributed by atoms with Crippen molar-refractivity contribution in [3.63, 3.8) is 0 Å². The van der Waals surface area contributed by atoms with Crippen LogP contribution in [0.25, 0.3) is 0 Å². The largest absolute Gasteiger partial charge is 0.464 e. The number of aryl methyl sites for hydroxylation is 1. The number of methoxy groups -OCH3 is 1. The molecule has 0 aliphatic carbocycles. The molecule has 2 aromatic rings. The average molecular weight is 416 g/mol. The number of nitrogens with zero attached hydrogens (tertiary/aromatic N) is 1. The Bertz CT molecular complexity index is 971. The van der Waals surface area contributed by atoms with E-state index in [1.54, 1.807) is 24.3 Å². The van der Waals surface area contributed by atoms with Crippen molar-refractivity contribution >= 4 is 45.8 Å². The number of nitrogens with one attached hydrogen (secondary N) is 3. The highest BCUT2D eigenvalue weighted by Crippen LogP contribution is 2.25. The molecule has 152 valence electrons. The summed E-state index contributed by atoms with van der Waals surface area (Å²) in [6.07, 6.45) is 1.15. The van der Waals surface area contributed by atoms with E-state index in [0.29, 0.717) is 22.5 Å². The molecule has 0 radical (unpaired) electrons. The van der Waals surface area contributed by atoms with Gasteiger partial charge in [-0.3, -0.25) is 14.4 Å². The van der Waals surface area contributed by atoms with Crippen molar-refractivity contribution < 1.29 is 23.9 Å². The molecule has 3 rings (SSSR count). The van der Waals surface area contributed by atoms with Gasteiger partial charge >= 0.3 is 5.97 Å². The van der Waals surface area contributed by atoms with Crippen LogP contribution in [0.5, 0.6) is 0 Å². The lowest BCUT2D eigenvalue weighted by Crippen LogP contribution is -2.43. The van der Waals surface area contributed by atoms with Gasteiger partial charge in [0.25, 0.3) is 5.91 Å². The van der Waals surface area contributed by atoms with Gasteiger partial charge in [0.15, 0.2) is 10.8 Å². The molecule has 10 heteroatoms. The Hall–Kier alpha value is -3.27. The molecule has 9 nitrogen and oxygen atoms in total. The minimum Gasteiger partial charge on any atom is -0.464 e. The summed E-state index contributed by atoms with van der Waals surface area (Å²) in [5.41, 5.74) is 0.894. The number of para-hydroxylation sites is 1. The van der Waals surface area contributed by atoms with Crippen molar-refractivity contribution in [1.29, 1.82) is 0 Å². The summed E-state index contributed by atoms with van der Waals surface area (Å²) in [7, 11) is 1.26. The molecule has 29 heavy (non-hydrogen) atoms. The first-order valence-electron chi connectivity index (χ1n) is 9.01. The number of amides is 3. The van der Waals surface area contributed by atoms with E-state index in [-0.39, 0.29) is 17.2 Å². The molecule has 1 aliphatic rings. The van der Waals surface area contributed by atoms with Crippen molar-refractivity contribution in [2.24, 2.45) is 0 Å². The van der Waals surface area contributed by atoms with Gasteiger partial charge in [-0.1, -0.05) is 25.5 Å². The Balaban J connectivity index is 1.70. The molecule has 0 saturated heterocycles. The van der Waals surface area contributed by atoms with Crippen molar-refractivity contribution in [3.05, 3.63) is 40.4 Å². The second-order valence-electron chi connectivity index (χ2n) is 6.35. The molecule has 1 aliphatic heterocycles. The summed E-state index contributed by atoms with van der Waals surface area (Å²) in [5, 5.41) is 8.04. The number of thiazole rings is 1. The van der Waals surface area contributed by atoms with Crippen LogP contribution in [-0.2, 0) is 20.7 Å². The van der Waals surface area contributed by atoms with Crippen LogP contribution in [0.15, 0.2) is 24.3 Å². The zero-order valence-corrected chi connectivity index (χ0v) is 16.7. The van der Waals surface area contributed by atoms with Gasteiger partial charge in [0, 0.05) is 4.88 Å². The van der Waals surface area contributed by atoms with Gasteiger partial charge in [-0.2, -0.15) is 0 Å². The Morgan fingerprint density at radius 2 is 2.03 bits per heavy atom. The summed E-state index contributed by atoms with van der Waals surface area (Å²) in [4.78, 5) is 53.9. The first-order chi connectivity index (χ1) is 13.9. The van der Waals surface area contributed by atoms with E-state index >= 15 is 0 Å². The van der Waals surface area contributed by atoms with E-state index in [1.165, 1.54) is 18.4 Å². The molecule has 3 amide bonds.